The Morgan fingerprint density at radius 3 is 1.02 bits per heavy atom. The van der Waals surface area contributed by atoms with E-state index < -0.39 is 0 Å². The minimum absolute atomic E-state index is 0.337. The quantitative estimate of drug-likeness (QED) is 0.100. The van der Waals surface area contributed by atoms with Crippen LogP contribution in [0, 0.1) is 0 Å². The van der Waals surface area contributed by atoms with Crippen LogP contribution in [0.15, 0.2) is 24.3 Å². The number of benzene rings is 1. The van der Waals surface area contributed by atoms with E-state index in [2.05, 4.69) is 52.0 Å². The fourth-order valence-corrected chi connectivity index (χ4v) is 13.6. The normalized spacial score (nSPS) is 23.9. The summed E-state index contributed by atoms with van der Waals surface area (Å²) in [5.74, 6) is 0. The van der Waals surface area contributed by atoms with Gasteiger partial charge in [-0.25, -0.2) is 0 Å². The Kier molecular flexibility index (Phi) is 17.9. The highest BCUT2D eigenvalue weighted by Crippen LogP contribution is 2.59. The maximum atomic E-state index is 6.30. The molecule has 40 heavy (non-hydrogen) atoms. The second-order valence-electron chi connectivity index (χ2n) is 11.8. The lowest BCUT2D eigenvalue weighted by Gasteiger charge is -2.33. The summed E-state index contributed by atoms with van der Waals surface area (Å²) in [7, 11) is -0.673. The highest BCUT2D eigenvalue weighted by molar-refractivity contribution is 7.73. The van der Waals surface area contributed by atoms with E-state index in [1.54, 1.807) is 10.6 Å². The number of ether oxygens (including phenoxy) is 4. The highest BCUT2D eigenvalue weighted by atomic mass is 31.1. The molecule has 0 radical (unpaired) electrons. The van der Waals surface area contributed by atoms with Crippen molar-refractivity contribution >= 4 is 26.5 Å². The molecule has 2 aliphatic heterocycles. The number of hydrogen-bond donors (Lipinski definition) is 0. The Hall–Kier alpha value is -0.0800. The fourth-order valence-electron chi connectivity index (χ4n) is 6.13. The lowest BCUT2D eigenvalue weighted by atomic mass is 10.2. The van der Waals surface area contributed by atoms with Gasteiger partial charge in [0.2, 0.25) is 0 Å². The summed E-state index contributed by atoms with van der Waals surface area (Å²) in [5, 5.41) is 3.32. The summed E-state index contributed by atoms with van der Waals surface area (Å²) < 4.78 is 25.2. The van der Waals surface area contributed by atoms with Gasteiger partial charge in [-0.05, 0) is 62.0 Å². The van der Waals surface area contributed by atoms with Crippen LogP contribution in [0.1, 0.15) is 105 Å². The fraction of sp³-hybridized carbons (Fsp3) is 0.824. The molecule has 2 saturated heterocycles. The molecule has 230 valence electrons. The molecule has 0 aromatic heterocycles. The summed E-state index contributed by atoms with van der Waals surface area (Å²) >= 11 is 0. The topological polar surface area (TPSA) is 36.9 Å². The molecule has 0 aliphatic carbocycles. The van der Waals surface area contributed by atoms with Crippen LogP contribution < -0.4 is 10.6 Å². The lowest BCUT2D eigenvalue weighted by Crippen LogP contribution is -2.34. The summed E-state index contributed by atoms with van der Waals surface area (Å²) in [6, 6.07) is 9.59. The first-order valence-electron chi connectivity index (χ1n) is 16.7. The van der Waals surface area contributed by atoms with Gasteiger partial charge < -0.3 is 18.9 Å². The third kappa shape index (κ3) is 10.9. The third-order valence-electron chi connectivity index (χ3n) is 8.49. The van der Waals surface area contributed by atoms with Crippen molar-refractivity contribution in [3.63, 3.8) is 0 Å². The predicted molar refractivity (Wildman–Crippen MR) is 176 cm³/mol. The van der Waals surface area contributed by atoms with Crippen LogP contribution >= 0.6 is 15.8 Å². The third-order valence-corrected chi connectivity index (χ3v) is 15.3. The van der Waals surface area contributed by atoms with Crippen molar-refractivity contribution in [1.82, 2.24) is 0 Å². The highest BCUT2D eigenvalue weighted by Gasteiger charge is 2.42. The smallest absolute Gasteiger partial charge is 0.0536 e. The van der Waals surface area contributed by atoms with E-state index in [1.165, 1.54) is 51.4 Å². The average Bonchev–Trinajstić information content (AvgIpc) is 3.57. The summed E-state index contributed by atoms with van der Waals surface area (Å²) in [4.78, 5) is 0. The van der Waals surface area contributed by atoms with E-state index in [-0.39, 0.29) is 15.8 Å². The van der Waals surface area contributed by atoms with Crippen molar-refractivity contribution in [3.05, 3.63) is 24.3 Å². The van der Waals surface area contributed by atoms with E-state index in [9.17, 15) is 0 Å². The van der Waals surface area contributed by atoms with Crippen LogP contribution in [-0.2, 0) is 18.9 Å². The Morgan fingerprint density at radius 1 is 0.500 bits per heavy atom. The van der Waals surface area contributed by atoms with E-state index in [4.69, 9.17) is 18.9 Å². The first-order chi connectivity index (χ1) is 19.7. The largest absolute Gasteiger partial charge is 0.381 e. The standard InChI is InChI=1S/C34H60O4P2/c1-5-9-21-35-25-29-17-18-30(26-36-22-10-6-2)39(29)33-15-13-14-16-34(33)40-31(27-37-23-11-7-3)19-20-32(40)28-38-24-12-8-4/h13-16,29-32H,5-12,17-28H2,1-4H3/t29-,30-,31-,32-/m0/s1. The SMILES string of the molecule is CCCCOC[C@@H]1CC[C@@H](COCCCC)P1c1ccccc1P1[C@H](COCCCC)CC[C@H]1COCCCC. The summed E-state index contributed by atoms with van der Waals surface area (Å²) in [5.41, 5.74) is 2.57. The van der Waals surface area contributed by atoms with Gasteiger partial charge in [-0.1, -0.05) is 93.5 Å². The molecule has 2 aliphatic rings. The van der Waals surface area contributed by atoms with Crippen molar-refractivity contribution in [1.29, 1.82) is 0 Å². The zero-order valence-electron chi connectivity index (χ0n) is 26.3. The maximum Gasteiger partial charge on any atom is 0.0536 e. The number of hydrogen-bond acceptors (Lipinski definition) is 4. The molecular formula is C34H60O4P2. The molecule has 0 bridgehead atoms. The van der Waals surface area contributed by atoms with E-state index in [0.29, 0.717) is 22.6 Å². The molecule has 4 nitrogen and oxygen atoms in total. The molecule has 4 atom stereocenters. The van der Waals surface area contributed by atoms with Crippen molar-refractivity contribution in [2.24, 2.45) is 0 Å². The van der Waals surface area contributed by atoms with Gasteiger partial charge in [0, 0.05) is 49.1 Å². The van der Waals surface area contributed by atoms with Crippen LogP contribution in [0.4, 0.5) is 0 Å². The van der Waals surface area contributed by atoms with Gasteiger partial charge >= 0.3 is 0 Å². The molecular weight excluding hydrogens is 534 g/mol. The molecule has 2 heterocycles. The predicted octanol–water partition coefficient (Wildman–Crippen LogP) is 8.23. The minimum atomic E-state index is -0.337. The Morgan fingerprint density at radius 2 is 0.775 bits per heavy atom. The van der Waals surface area contributed by atoms with Gasteiger partial charge in [0.15, 0.2) is 0 Å². The van der Waals surface area contributed by atoms with E-state index in [1.807, 2.05) is 0 Å². The molecule has 1 aromatic rings. The minimum Gasteiger partial charge on any atom is -0.381 e. The molecule has 1 aromatic carbocycles. The Labute approximate surface area is 249 Å². The first kappa shape index (κ1) is 34.4. The van der Waals surface area contributed by atoms with Crippen LogP contribution in [-0.4, -0.2) is 75.5 Å². The maximum absolute atomic E-state index is 6.30. The molecule has 0 N–H and O–H groups in total. The zero-order valence-corrected chi connectivity index (χ0v) is 28.1. The van der Waals surface area contributed by atoms with Crippen molar-refractivity contribution in [2.45, 2.75) is 127 Å². The van der Waals surface area contributed by atoms with E-state index >= 15 is 0 Å². The van der Waals surface area contributed by atoms with Crippen molar-refractivity contribution < 1.29 is 18.9 Å². The van der Waals surface area contributed by atoms with Gasteiger partial charge in [0.05, 0.1) is 26.4 Å². The molecule has 6 heteroatoms. The van der Waals surface area contributed by atoms with Gasteiger partial charge in [-0.2, -0.15) is 0 Å². The van der Waals surface area contributed by atoms with Gasteiger partial charge in [0.1, 0.15) is 0 Å². The summed E-state index contributed by atoms with van der Waals surface area (Å²) in [6.45, 7) is 16.3. The first-order valence-corrected chi connectivity index (χ1v) is 19.7. The van der Waals surface area contributed by atoms with Crippen LogP contribution in [0.2, 0.25) is 0 Å². The summed E-state index contributed by atoms with van der Waals surface area (Å²) in [6.07, 6.45) is 14.5. The molecule has 2 fully saturated rings. The average molecular weight is 595 g/mol. The molecule has 0 amide bonds. The van der Waals surface area contributed by atoms with Crippen molar-refractivity contribution in [2.75, 3.05) is 52.9 Å². The molecule has 0 unspecified atom stereocenters. The van der Waals surface area contributed by atoms with Crippen LogP contribution in [0.5, 0.6) is 0 Å². The molecule has 0 spiro atoms. The van der Waals surface area contributed by atoms with Crippen molar-refractivity contribution in [3.8, 4) is 0 Å². The van der Waals surface area contributed by atoms with Crippen LogP contribution in [0.25, 0.3) is 0 Å². The van der Waals surface area contributed by atoms with E-state index in [0.717, 1.165) is 78.5 Å². The molecule has 0 saturated carbocycles. The van der Waals surface area contributed by atoms with Gasteiger partial charge in [-0.15, -0.1) is 0 Å². The number of rotatable bonds is 22. The molecule has 3 rings (SSSR count). The zero-order chi connectivity index (χ0) is 28.4. The van der Waals surface area contributed by atoms with Gasteiger partial charge in [0.25, 0.3) is 0 Å². The Bertz CT molecular complexity index is 675. The lowest BCUT2D eigenvalue weighted by molar-refractivity contribution is 0.129. The second kappa shape index (κ2) is 20.8. The number of unbranched alkanes of at least 4 members (excludes halogenated alkanes) is 4. The Balaban J connectivity index is 1.85. The second-order valence-corrected chi connectivity index (χ2v) is 17.3. The van der Waals surface area contributed by atoms with Crippen LogP contribution in [0.3, 0.4) is 0 Å². The monoisotopic (exact) mass is 594 g/mol. The van der Waals surface area contributed by atoms with Gasteiger partial charge in [-0.3, -0.25) is 0 Å².